The van der Waals surface area contributed by atoms with E-state index < -0.39 is 10.0 Å². The predicted molar refractivity (Wildman–Crippen MR) is 82.4 cm³/mol. The fourth-order valence-electron chi connectivity index (χ4n) is 2.11. The van der Waals surface area contributed by atoms with E-state index in [1.807, 2.05) is 35.2 Å². The first-order chi connectivity index (χ1) is 9.56. The zero-order valence-electron chi connectivity index (χ0n) is 10.4. The van der Waals surface area contributed by atoms with Crippen LogP contribution < -0.4 is 4.90 Å². The molecule has 0 saturated carbocycles. The third-order valence-electron chi connectivity index (χ3n) is 3.02. The molecule has 0 aliphatic carbocycles. The number of anilines is 1. The van der Waals surface area contributed by atoms with Gasteiger partial charge in [0.05, 0.1) is 5.69 Å². The molecule has 0 saturated heterocycles. The lowest BCUT2D eigenvalue weighted by Gasteiger charge is -2.25. The van der Waals surface area contributed by atoms with Crippen LogP contribution in [0.2, 0.25) is 0 Å². The van der Waals surface area contributed by atoms with Crippen LogP contribution in [0.5, 0.6) is 0 Å². The number of hydrogen-bond acceptors (Lipinski definition) is 3. The van der Waals surface area contributed by atoms with Gasteiger partial charge in [0.2, 0.25) is 0 Å². The van der Waals surface area contributed by atoms with Crippen LogP contribution in [-0.2, 0) is 16.6 Å². The van der Waals surface area contributed by atoms with Gasteiger partial charge in [0.15, 0.2) is 0 Å². The molecule has 102 valence electrons. The SMILES string of the molecule is O=S1(=O)N=CN(Cc2cccc(Br)c2)c2ccccc21. The third-order valence-corrected chi connectivity index (χ3v) is 4.79. The lowest BCUT2D eigenvalue weighted by Crippen LogP contribution is -2.26. The molecule has 0 aromatic heterocycles. The van der Waals surface area contributed by atoms with Gasteiger partial charge in [-0.15, -0.1) is 4.40 Å². The number of hydrogen-bond donors (Lipinski definition) is 0. The van der Waals surface area contributed by atoms with Gasteiger partial charge in [-0.2, -0.15) is 8.42 Å². The van der Waals surface area contributed by atoms with Gasteiger partial charge in [0.25, 0.3) is 10.0 Å². The van der Waals surface area contributed by atoms with Gasteiger partial charge in [0.1, 0.15) is 11.2 Å². The Morgan fingerprint density at radius 1 is 1.10 bits per heavy atom. The van der Waals surface area contributed by atoms with Crippen LogP contribution in [0.15, 0.2) is 62.3 Å². The highest BCUT2D eigenvalue weighted by atomic mass is 79.9. The van der Waals surface area contributed by atoms with E-state index >= 15 is 0 Å². The van der Waals surface area contributed by atoms with E-state index in [-0.39, 0.29) is 4.90 Å². The highest BCUT2D eigenvalue weighted by molar-refractivity contribution is 9.10. The fourth-order valence-corrected chi connectivity index (χ4v) is 3.61. The Morgan fingerprint density at radius 3 is 2.70 bits per heavy atom. The summed E-state index contributed by atoms with van der Waals surface area (Å²) in [5, 5.41) is 0. The number of para-hydroxylation sites is 1. The topological polar surface area (TPSA) is 49.7 Å². The molecular weight excluding hydrogens is 340 g/mol. The van der Waals surface area contributed by atoms with E-state index in [0.717, 1.165) is 10.0 Å². The summed E-state index contributed by atoms with van der Waals surface area (Å²) in [5.41, 5.74) is 1.72. The zero-order chi connectivity index (χ0) is 14.2. The zero-order valence-corrected chi connectivity index (χ0v) is 12.8. The summed E-state index contributed by atoms with van der Waals surface area (Å²) >= 11 is 3.43. The minimum Gasteiger partial charge on any atom is -0.326 e. The highest BCUT2D eigenvalue weighted by Crippen LogP contribution is 2.30. The maximum atomic E-state index is 11.9. The predicted octanol–water partition coefficient (Wildman–Crippen LogP) is 3.19. The molecule has 0 fully saturated rings. The second kappa shape index (κ2) is 5.03. The van der Waals surface area contributed by atoms with Gasteiger partial charge in [-0.25, -0.2) is 0 Å². The second-order valence-corrected chi connectivity index (χ2v) is 6.94. The minimum absolute atomic E-state index is 0.248. The summed E-state index contributed by atoms with van der Waals surface area (Å²) in [7, 11) is -3.56. The van der Waals surface area contributed by atoms with Crippen molar-refractivity contribution in [3.05, 3.63) is 58.6 Å². The first kappa shape index (κ1) is 13.3. The van der Waals surface area contributed by atoms with Crippen LogP contribution in [0.4, 0.5) is 5.69 Å². The average molecular weight is 351 g/mol. The molecule has 0 unspecified atom stereocenters. The van der Waals surface area contributed by atoms with Crippen molar-refractivity contribution >= 4 is 38.0 Å². The van der Waals surface area contributed by atoms with E-state index in [0.29, 0.717) is 12.2 Å². The third kappa shape index (κ3) is 2.48. The Morgan fingerprint density at radius 2 is 1.90 bits per heavy atom. The van der Waals surface area contributed by atoms with Crippen LogP contribution in [0.1, 0.15) is 5.56 Å². The normalized spacial score (nSPS) is 15.9. The number of fused-ring (bicyclic) bond motifs is 1. The van der Waals surface area contributed by atoms with Crippen molar-refractivity contribution in [2.24, 2.45) is 4.40 Å². The van der Waals surface area contributed by atoms with Gasteiger partial charge >= 0.3 is 0 Å². The second-order valence-electron chi connectivity index (χ2n) is 4.42. The van der Waals surface area contributed by atoms with Crippen molar-refractivity contribution in [3.8, 4) is 0 Å². The van der Waals surface area contributed by atoms with E-state index in [4.69, 9.17) is 0 Å². The number of rotatable bonds is 2. The number of benzene rings is 2. The molecular formula is C14H11BrN2O2S. The maximum absolute atomic E-state index is 11.9. The summed E-state index contributed by atoms with van der Waals surface area (Å²) in [6.45, 7) is 0.565. The van der Waals surface area contributed by atoms with Crippen LogP contribution in [0, 0.1) is 0 Å². The van der Waals surface area contributed by atoms with Crippen molar-refractivity contribution in [1.29, 1.82) is 0 Å². The van der Waals surface area contributed by atoms with Crippen molar-refractivity contribution < 1.29 is 8.42 Å². The largest absolute Gasteiger partial charge is 0.326 e. The molecule has 1 aliphatic heterocycles. The van der Waals surface area contributed by atoms with Gasteiger partial charge < -0.3 is 4.90 Å². The van der Waals surface area contributed by atoms with E-state index in [9.17, 15) is 8.42 Å². The van der Waals surface area contributed by atoms with Gasteiger partial charge in [-0.1, -0.05) is 40.2 Å². The number of halogens is 1. The van der Waals surface area contributed by atoms with E-state index in [2.05, 4.69) is 20.3 Å². The minimum atomic E-state index is -3.56. The first-order valence-electron chi connectivity index (χ1n) is 5.97. The lowest BCUT2D eigenvalue weighted by molar-refractivity contribution is 0.597. The first-order valence-corrected chi connectivity index (χ1v) is 8.20. The molecule has 0 N–H and O–H groups in total. The summed E-state index contributed by atoms with van der Waals surface area (Å²) in [4.78, 5) is 2.08. The highest BCUT2D eigenvalue weighted by Gasteiger charge is 2.24. The Bertz CT molecular complexity index is 787. The molecule has 0 spiro atoms. The average Bonchev–Trinajstić information content (AvgIpc) is 2.43. The molecule has 2 aromatic carbocycles. The molecule has 0 atom stereocenters. The van der Waals surface area contributed by atoms with E-state index in [1.54, 1.807) is 18.2 Å². The molecule has 0 amide bonds. The molecule has 3 rings (SSSR count). The monoisotopic (exact) mass is 350 g/mol. The van der Waals surface area contributed by atoms with Crippen LogP contribution >= 0.6 is 15.9 Å². The lowest BCUT2D eigenvalue weighted by atomic mass is 10.2. The van der Waals surface area contributed by atoms with Gasteiger partial charge in [-0.3, -0.25) is 0 Å². The summed E-state index contributed by atoms with van der Waals surface area (Å²) in [6, 6.07) is 14.8. The van der Waals surface area contributed by atoms with Crippen molar-refractivity contribution in [3.63, 3.8) is 0 Å². The maximum Gasteiger partial charge on any atom is 0.285 e. The Hall–Kier alpha value is -1.66. The summed E-state index contributed by atoms with van der Waals surface area (Å²) in [5.74, 6) is 0. The van der Waals surface area contributed by atoms with Gasteiger partial charge in [-0.05, 0) is 29.8 Å². The van der Waals surface area contributed by atoms with Crippen LogP contribution in [-0.4, -0.2) is 14.8 Å². The molecule has 0 radical (unpaired) electrons. The standard InChI is InChI=1S/C14H11BrN2O2S/c15-12-5-3-4-11(8-12)9-17-10-16-20(18,19)14-7-2-1-6-13(14)17/h1-8,10H,9H2. The molecule has 2 aromatic rings. The van der Waals surface area contributed by atoms with Gasteiger partial charge in [0, 0.05) is 11.0 Å². The smallest absolute Gasteiger partial charge is 0.285 e. The van der Waals surface area contributed by atoms with Crippen molar-refractivity contribution in [1.82, 2.24) is 0 Å². The summed E-state index contributed by atoms with van der Waals surface area (Å²) in [6.07, 6.45) is 1.37. The summed E-state index contributed by atoms with van der Waals surface area (Å²) < 4.78 is 28.4. The van der Waals surface area contributed by atoms with Crippen LogP contribution in [0.25, 0.3) is 0 Å². The molecule has 20 heavy (non-hydrogen) atoms. The molecule has 1 heterocycles. The number of nitrogens with zero attached hydrogens (tertiary/aromatic N) is 2. The molecule has 4 nitrogen and oxygen atoms in total. The molecule has 6 heteroatoms. The number of sulfonamides is 1. The Labute approximate surface area is 125 Å². The van der Waals surface area contributed by atoms with Crippen molar-refractivity contribution in [2.45, 2.75) is 11.4 Å². The molecule has 1 aliphatic rings. The quantitative estimate of drug-likeness (QED) is 0.835. The Balaban J connectivity index is 2.00. The molecule has 0 bridgehead atoms. The fraction of sp³-hybridized carbons (Fsp3) is 0.0714. The Kier molecular flexibility index (Phi) is 3.35. The van der Waals surface area contributed by atoms with Crippen molar-refractivity contribution in [2.75, 3.05) is 4.90 Å². The van der Waals surface area contributed by atoms with E-state index in [1.165, 1.54) is 6.34 Å². The van der Waals surface area contributed by atoms with Crippen LogP contribution in [0.3, 0.4) is 0 Å².